The molecule has 1 aromatic carbocycles. The van der Waals surface area contributed by atoms with Gasteiger partial charge in [-0.2, -0.15) is 0 Å². The van der Waals surface area contributed by atoms with Gasteiger partial charge in [0.15, 0.2) is 11.6 Å². The minimum Gasteiger partial charge on any atom is -0.205 e. The maximum Gasteiger partial charge on any atom is 0.265 e. The van der Waals surface area contributed by atoms with Crippen LogP contribution in [-0.4, -0.2) is 0 Å². The van der Waals surface area contributed by atoms with Gasteiger partial charge >= 0.3 is 0 Å². The van der Waals surface area contributed by atoms with Gasteiger partial charge in [-0.25, -0.2) is 17.6 Å². The topological polar surface area (TPSA) is 0 Å². The summed E-state index contributed by atoms with van der Waals surface area (Å²) in [5.74, 6) is -2.47. The average molecular weight is 196 g/mol. The zero-order chi connectivity index (χ0) is 9.30. The molecule has 0 amide bonds. The van der Waals surface area contributed by atoms with E-state index in [0.717, 1.165) is 0 Å². The minimum atomic E-state index is -2.84. The molecule has 0 saturated carbocycles. The molecular formula is C7H4F4S. The first-order valence-electron chi connectivity index (χ1n) is 2.98. The summed E-state index contributed by atoms with van der Waals surface area (Å²) in [5, 5.41) is 0. The van der Waals surface area contributed by atoms with E-state index in [0.29, 0.717) is 12.1 Å². The van der Waals surface area contributed by atoms with E-state index in [4.69, 9.17) is 0 Å². The van der Waals surface area contributed by atoms with Crippen LogP contribution in [0.4, 0.5) is 17.6 Å². The van der Waals surface area contributed by atoms with Crippen molar-refractivity contribution >= 4 is 12.6 Å². The number of hydrogen-bond acceptors (Lipinski definition) is 1. The molecule has 0 fully saturated rings. The average Bonchev–Trinajstić information content (AvgIpc) is 1.96. The number of halogens is 4. The standard InChI is InChI=1S/C7H4F4S/c8-4-1-3(7(10)11)6(12)2-5(4)9/h1-2,7,12H. The summed E-state index contributed by atoms with van der Waals surface area (Å²) < 4.78 is 48.7. The Bertz CT molecular complexity index is 298. The zero-order valence-electron chi connectivity index (χ0n) is 5.69. The monoisotopic (exact) mass is 196 g/mol. The van der Waals surface area contributed by atoms with Gasteiger partial charge < -0.3 is 0 Å². The van der Waals surface area contributed by atoms with E-state index in [1.165, 1.54) is 0 Å². The maximum atomic E-state index is 12.4. The molecule has 5 heteroatoms. The van der Waals surface area contributed by atoms with Gasteiger partial charge in [-0.05, 0) is 12.1 Å². The van der Waals surface area contributed by atoms with Crippen LogP contribution >= 0.6 is 12.6 Å². The summed E-state index contributed by atoms with van der Waals surface area (Å²) in [6, 6.07) is 1.07. The highest BCUT2D eigenvalue weighted by Gasteiger charge is 2.14. The third-order valence-electron chi connectivity index (χ3n) is 1.30. The molecule has 0 unspecified atom stereocenters. The third-order valence-corrected chi connectivity index (χ3v) is 1.69. The summed E-state index contributed by atoms with van der Waals surface area (Å²) >= 11 is 3.57. The molecule has 0 N–H and O–H groups in total. The molecule has 12 heavy (non-hydrogen) atoms. The van der Waals surface area contributed by atoms with Crippen LogP contribution in [0.15, 0.2) is 17.0 Å². The van der Waals surface area contributed by atoms with Gasteiger partial charge in [0.1, 0.15) is 0 Å². The van der Waals surface area contributed by atoms with Crippen LogP contribution in [0.3, 0.4) is 0 Å². The number of thiol groups is 1. The molecule has 1 aromatic rings. The van der Waals surface area contributed by atoms with Crippen molar-refractivity contribution in [2.24, 2.45) is 0 Å². The quantitative estimate of drug-likeness (QED) is 0.517. The lowest BCUT2D eigenvalue weighted by atomic mass is 10.2. The van der Waals surface area contributed by atoms with Crippen molar-refractivity contribution in [3.05, 3.63) is 29.3 Å². The van der Waals surface area contributed by atoms with Crippen LogP contribution in [0.5, 0.6) is 0 Å². The molecule has 0 heterocycles. The minimum absolute atomic E-state index is 0.246. The number of rotatable bonds is 1. The van der Waals surface area contributed by atoms with Crippen molar-refractivity contribution in [2.75, 3.05) is 0 Å². The van der Waals surface area contributed by atoms with Gasteiger partial charge in [-0.3, -0.25) is 0 Å². The molecular weight excluding hydrogens is 192 g/mol. The maximum absolute atomic E-state index is 12.4. The Morgan fingerprint density at radius 2 is 1.58 bits per heavy atom. The van der Waals surface area contributed by atoms with E-state index < -0.39 is 23.6 Å². The van der Waals surface area contributed by atoms with E-state index >= 15 is 0 Å². The summed E-state index contributed by atoms with van der Waals surface area (Å²) in [5.41, 5.74) is -0.600. The van der Waals surface area contributed by atoms with Crippen LogP contribution in [0, 0.1) is 11.6 Å². The fraction of sp³-hybridized carbons (Fsp3) is 0.143. The van der Waals surface area contributed by atoms with Gasteiger partial charge in [0, 0.05) is 10.5 Å². The van der Waals surface area contributed by atoms with Crippen molar-refractivity contribution in [3.63, 3.8) is 0 Å². The molecule has 1 rings (SSSR count). The van der Waals surface area contributed by atoms with Gasteiger partial charge in [0.25, 0.3) is 6.43 Å². The summed E-state index contributed by atoms with van der Waals surface area (Å²) in [6.07, 6.45) is -2.84. The molecule has 0 nitrogen and oxygen atoms in total. The summed E-state index contributed by atoms with van der Waals surface area (Å²) in [4.78, 5) is -0.246. The predicted molar refractivity (Wildman–Crippen MR) is 38.6 cm³/mol. The first-order chi connectivity index (χ1) is 5.52. The molecule has 0 aromatic heterocycles. The van der Waals surface area contributed by atoms with Crippen molar-refractivity contribution in [1.29, 1.82) is 0 Å². The second kappa shape index (κ2) is 3.35. The largest absolute Gasteiger partial charge is 0.265 e. The van der Waals surface area contributed by atoms with Crippen LogP contribution in [0.2, 0.25) is 0 Å². The van der Waals surface area contributed by atoms with Gasteiger partial charge in [0.05, 0.1) is 0 Å². The number of benzene rings is 1. The Morgan fingerprint density at radius 3 is 2.08 bits per heavy atom. The summed E-state index contributed by atoms with van der Waals surface area (Å²) in [7, 11) is 0. The smallest absolute Gasteiger partial charge is 0.205 e. The second-order valence-corrected chi connectivity index (χ2v) is 2.61. The van der Waals surface area contributed by atoms with Gasteiger partial charge in [-0.15, -0.1) is 12.6 Å². The molecule has 0 bridgehead atoms. The number of hydrogen-bond donors (Lipinski definition) is 1. The molecule has 0 aliphatic rings. The Morgan fingerprint density at radius 1 is 1.08 bits per heavy atom. The SMILES string of the molecule is Fc1cc(S)c(C(F)F)cc1F. The van der Waals surface area contributed by atoms with Crippen molar-refractivity contribution in [1.82, 2.24) is 0 Å². The highest BCUT2D eigenvalue weighted by Crippen LogP contribution is 2.27. The lowest BCUT2D eigenvalue weighted by Crippen LogP contribution is -1.92. The lowest BCUT2D eigenvalue weighted by Gasteiger charge is -2.03. The van der Waals surface area contributed by atoms with Gasteiger partial charge in [0.2, 0.25) is 0 Å². The summed E-state index contributed by atoms with van der Waals surface area (Å²) in [6.45, 7) is 0. The van der Waals surface area contributed by atoms with Gasteiger partial charge in [-0.1, -0.05) is 0 Å². The lowest BCUT2D eigenvalue weighted by molar-refractivity contribution is 0.147. The molecule has 0 spiro atoms. The molecule has 0 aliphatic carbocycles. The van der Waals surface area contributed by atoms with E-state index in [1.807, 2.05) is 0 Å². The molecule has 0 saturated heterocycles. The molecule has 0 aliphatic heterocycles. The zero-order valence-corrected chi connectivity index (χ0v) is 6.59. The van der Waals surface area contributed by atoms with E-state index in [2.05, 4.69) is 12.6 Å². The predicted octanol–water partition coefficient (Wildman–Crippen LogP) is 3.19. The highest BCUT2D eigenvalue weighted by atomic mass is 32.1. The highest BCUT2D eigenvalue weighted by molar-refractivity contribution is 7.80. The fourth-order valence-electron chi connectivity index (χ4n) is 0.727. The third kappa shape index (κ3) is 1.72. The van der Waals surface area contributed by atoms with Crippen LogP contribution in [0.25, 0.3) is 0 Å². The fourth-order valence-corrected chi connectivity index (χ4v) is 1.00. The molecule has 0 radical (unpaired) electrons. The van der Waals surface area contributed by atoms with Crippen LogP contribution in [0.1, 0.15) is 12.0 Å². The first-order valence-corrected chi connectivity index (χ1v) is 3.43. The Labute approximate surface area is 71.6 Å². The van der Waals surface area contributed by atoms with Crippen molar-refractivity contribution < 1.29 is 17.6 Å². The number of alkyl halides is 2. The van der Waals surface area contributed by atoms with Crippen LogP contribution < -0.4 is 0 Å². The first kappa shape index (κ1) is 9.38. The Hall–Kier alpha value is -0.710. The van der Waals surface area contributed by atoms with Crippen molar-refractivity contribution in [3.8, 4) is 0 Å². The van der Waals surface area contributed by atoms with E-state index in [9.17, 15) is 17.6 Å². The molecule has 66 valence electrons. The molecule has 0 atom stereocenters. The van der Waals surface area contributed by atoms with E-state index in [-0.39, 0.29) is 4.90 Å². The van der Waals surface area contributed by atoms with Crippen molar-refractivity contribution in [2.45, 2.75) is 11.3 Å². The Balaban J connectivity index is 3.23. The second-order valence-electron chi connectivity index (χ2n) is 2.13. The van der Waals surface area contributed by atoms with Crippen LogP contribution in [-0.2, 0) is 0 Å². The normalized spacial score (nSPS) is 10.8. The van der Waals surface area contributed by atoms with E-state index in [1.54, 1.807) is 0 Å². The Kier molecular flexibility index (Phi) is 2.62.